The molecule has 0 radical (unpaired) electrons. The minimum Gasteiger partial charge on any atom is -0.543 e. The molecule has 1 saturated heterocycles. The molecular formula is C19H22NNaO6. The average molecular weight is 383 g/mol. The summed E-state index contributed by atoms with van der Waals surface area (Å²) in [5, 5.41) is 31.2. The summed E-state index contributed by atoms with van der Waals surface area (Å²) in [5.41, 5.74) is 0.0745. The number of ether oxygens (including phenoxy) is 1. The molecule has 3 atom stereocenters. The largest absolute Gasteiger partial charge is 1.00 e. The molecule has 2 aliphatic heterocycles. The standard InChI is InChI=1S/C19H23NO6.Na/c1-19(2,3)15-14(18(24)25)20-16(23)13(17(20)26-15)12(22)9-6-10-4-7-11(21)8-5-10;/h4-5,7-8,12-13,17,21-22H,6,9H2,1-3H3,(H,24,25);/q;+1/p-1/t12-,13-,17-;/m0./s1. The summed E-state index contributed by atoms with van der Waals surface area (Å²) in [6.07, 6.45) is -0.926. The number of nitrogens with zero attached hydrogens (tertiary/aromatic N) is 1. The molecule has 140 valence electrons. The third-order valence-electron chi connectivity index (χ3n) is 4.73. The maximum absolute atomic E-state index is 12.5. The van der Waals surface area contributed by atoms with Crippen molar-refractivity contribution >= 4 is 11.9 Å². The molecule has 1 fully saturated rings. The Balaban J connectivity index is 0.00000261. The first-order valence-corrected chi connectivity index (χ1v) is 8.53. The number of aliphatic hydroxyl groups excluding tert-OH is 1. The van der Waals surface area contributed by atoms with E-state index in [1.807, 2.05) is 0 Å². The zero-order chi connectivity index (χ0) is 19.2. The summed E-state index contributed by atoms with van der Waals surface area (Å²) < 4.78 is 5.74. The van der Waals surface area contributed by atoms with E-state index >= 15 is 0 Å². The van der Waals surface area contributed by atoms with Crippen LogP contribution in [-0.2, 0) is 20.7 Å². The molecule has 0 spiro atoms. The van der Waals surface area contributed by atoms with Crippen LogP contribution in [0.5, 0.6) is 5.75 Å². The normalized spacial score (nSPS) is 22.5. The molecule has 0 bridgehead atoms. The van der Waals surface area contributed by atoms with Crippen molar-refractivity contribution in [2.45, 2.75) is 45.9 Å². The van der Waals surface area contributed by atoms with Gasteiger partial charge in [-0.2, -0.15) is 0 Å². The summed E-state index contributed by atoms with van der Waals surface area (Å²) in [7, 11) is 0. The molecule has 3 rings (SSSR count). The van der Waals surface area contributed by atoms with Gasteiger partial charge in [0.05, 0.1) is 12.1 Å². The van der Waals surface area contributed by atoms with Crippen molar-refractivity contribution in [3.63, 3.8) is 0 Å². The summed E-state index contributed by atoms with van der Waals surface area (Å²) in [5.74, 6) is -2.37. The topological polar surface area (TPSA) is 110 Å². The molecule has 27 heavy (non-hydrogen) atoms. The zero-order valence-electron chi connectivity index (χ0n) is 15.9. The van der Waals surface area contributed by atoms with Gasteiger partial charge in [-0.1, -0.05) is 32.9 Å². The number of fused-ring (bicyclic) bond motifs is 1. The molecule has 1 aromatic carbocycles. The first-order chi connectivity index (χ1) is 12.1. The first-order valence-electron chi connectivity index (χ1n) is 8.53. The Morgan fingerprint density at radius 1 is 1.30 bits per heavy atom. The van der Waals surface area contributed by atoms with Gasteiger partial charge in [-0.05, 0) is 30.5 Å². The summed E-state index contributed by atoms with van der Waals surface area (Å²) >= 11 is 0. The van der Waals surface area contributed by atoms with Gasteiger partial charge >= 0.3 is 29.6 Å². The van der Waals surface area contributed by atoms with E-state index in [1.54, 1.807) is 45.0 Å². The van der Waals surface area contributed by atoms with Crippen molar-refractivity contribution in [1.29, 1.82) is 0 Å². The summed E-state index contributed by atoms with van der Waals surface area (Å²) in [6.45, 7) is 5.37. The van der Waals surface area contributed by atoms with E-state index in [4.69, 9.17) is 4.74 Å². The van der Waals surface area contributed by atoms with Crippen LogP contribution in [0.3, 0.4) is 0 Å². The number of benzene rings is 1. The molecule has 2 N–H and O–H groups in total. The van der Waals surface area contributed by atoms with E-state index in [0.29, 0.717) is 12.8 Å². The maximum atomic E-state index is 12.5. The number of carbonyl (C=O) groups is 2. The number of carboxylic acid groups (broad SMARTS) is 1. The third-order valence-corrected chi connectivity index (χ3v) is 4.73. The SMILES string of the molecule is CC(C)(C)C1=C(C(=O)[O-])N2C(=O)[C@H]([C@@H](O)CCc3ccc(O)cc3)[C@@H]2O1.[Na+]. The van der Waals surface area contributed by atoms with Gasteiger partial charge in [-0.15, -0.1) is 0 Å². The molecule has 0 aliphatic carbocycles. The fraction of sp³-hybridized carbons (Fsp3) is 0.474. The summed E-state index contributed by atoms with van der Waals surface area (Å²) in [6, 6.07) is 6.61. The Bertz CT molecular complexity index is 767. The van der Waals surface area contributed by atoms with Crippen LogP contribution in [-0.4, -0.2) is 39.3 Å². The van der Waals surface area contributed by atoms with Crippen LogP contribution in [0, 0.1) is 11.3 Å². The predicted molar refractivity (Wildman–Crippen MR) is 89.1 cm³/mol. The van der Waals surface area contributed by atoms with Crippen LogP contribution in [0.2, 0.25) is 0 Å². The van der Waals surface area contributed by atoms with Gasteiger partial charge in [0, 0.05) is 5.41 Å². The molecule has 0 unspecified atom stereocenters. The van der Waals surface area contributed by atoms with Crippen LogP contribution in [0.1, 0.15) is 32.8 Å². The number of hydrogen-bond donors (Lipinski definition) is 2. The van der Waals surface area contributed by atoms with Gasteiger partial charge < -0.3 is 24.9 Å². The molecule has 8 heteroatoms. The van der Waals surface area contributed by atoms with Crippen LogP contribution < -0.4 is 34.7 Å². The molecular weight excluding hydrogens is 361 g/mol. The van der Waals surface area contributed by atoms with Gasteiger partial charge in [0.15, 0.2) is 6.23 Å². The molecule has 7 nitrogen and oxygen atoms in total. The number of rotatable bonds is 5. The van der Waals surface area contributed by atoms with Gasteiger partial charge in [0.1, 0.15) is 23.1 Å². The van der Waals surface area contributed by atoms with Gasteiger partial charge in [0.25, 0.3) is 0 Å². The zero-order valence-corrected chi connectivity index (χ0v) is 17.9. The fourth-order valence-corrected chi connectivity index (χ4v) is 3.37. The second-order valence-corrected chi connectivity index (χ2v) is 7.73. The van der Waals surface area contributed by atoms with Crippen LogP contribution in [0.4, 0.5) is 0 Å². The number of aliphatic hydroxyl groups is 1. The second-order valence-electron chi connectivity index (χ2n) is 7.73. The monoisotopic (exact) mass is 383 g/mol. The smallest absolute Gasteiger partial charge is 0.543 e. The number of β-lactam (4-membered cyclic amide) rings is 1. The number of aromatic hydroxyl groups is 1. The van der Waals surface area contributed by atoms with Gasteiger partial charge in [-0.3, -0.25) is 9.69 Å². The Kier molecular flexibility index (Phi) is 6.31. The number of phenols is 1. The van der Waals surface area contributed by atoms with E-state index in [9.17, 15) is 24.9 Å². The molecule has 0 saturated carbocycles. The van der Waals surface area contributed by atoms with Crippen molar-refractivity contribution in [2.75, 3.05) is 0 Å². The quantitative estimate of drug-likeness (QED) is 0.430. The van der Waals surface area contributed by atoms with Crippen molar-refractivity contribution in [3.05, 3.63) is 41.3 Å². The molecule has 2 heterocycles. The maximum Gasteiger partial charge on any atom is 1.00 e. The van der Waals surface area contributed by atoms with E-state index in [1.165, 1.54) is 0 Å². The number of allylic oxidation sites excluding steroid dienone is 1. The van der Waals surface area contributed by atoms with E-state index in [-0.39, 0.29) is 46.8 Å². The minimum atomic E-state index is -1.46. The number of hydrogen-bond acceptors (Lipinski definition) is 6. The molecule has 1 amide bonds. The van der Waals surface area contributed by atoms with Crippen molar-refractivity contribution in [3.8, 4) is 5.75 Å². The summed E-state index contributed by atoms with van der Waals surface area (Å²) in [4.78, 5) is 25.0. The second kappa shape index (κ2) is 7.83. The molecule has 1 aromatic rings. The van der Waals surface area contributed by atoms with Crippen molar-refractivity contribution in [1.82, 2.24) is 4.90 Å². The Hall–Kier alpha value is -1.54. The Morgan fingerprint density at radius 2 is 1.89 bits per heavy atom. The van der Waals surface area contributed by atoms with Crippen molar-refractivity contribution < 1.29 is 59.2 Å². The number of carboxylic acids is 1. The Labute approximate surface area is 179 Å². The van der Waals surface area contributed by atoms with Crippen LogP contribution in [0.25, 0.3) is 0 Å². The van der Waals surface area contributed by atoms with Gasteiger partial charge in [-0.25, -0.2) is 0 Å². The number of carbonyl (C=O) groups excluding carboxylic acids is 2. The van der Waals surface area contributed by atoms with E-state index in [0.717, 1.165) is 10.5 Å². The molecule has 2 aliphatic rings. The number of amides is 1. The number of aliphatic carboxylic acids is 1. The van der Waals surface area contributed by atoms with E-state index < -0.39 is 35.5 Å². The molecule has 0 aromatic heterocycles. The van der Waals surface area contributed by atoms with Crippen LogP contribution in [0.15, 0.2) is 35.7 Å². The number of phenolic OH excluding ortho intramolecular Hbond substituents is 1. The third kappa shape index (κ3) is 4.01. The average Bonchev–Trinajstić information content (AvgIpc) is 2.90. The van der Waals surface area contributed by atoms with Crippen molar-refractivity contribution in [2.24, 2.45) is 11.3 Å². The predicted octanol–water partition coefficient (Wildman–Crippen LogP) is -2.49. The first kappa shape index (κ1) is 21.8. The van der Waals surface area contributed by atoms with E-state index in [2.05, 4.69) is 0 Å². The Morgan fingerprint density at radius 3 is 2.41 bits per heavy atom. The number of aryl methyl sites for hydroxylation is 1. The van der Waals surface area contributed by atoms with Crippen LogP contribution >= 0.6 is 0 Å². The fourth-order valence-electron chi connectivity index (χ4n) is 3.37. The minimum absolute atomic E-state index is 0. The van der Waals surface area contributed by atoms with Gasteiger partial charge in [0.2, 0.25) is 5.91 Å².